The van der Waals surface area contributed by atoms with E-state index in [4.69, 9.17) is 20.9 Å². The zero-order chi connectivity index (χ0) is 45.9. The summed E-state index contributed by atoms with van der Waals surface area (Å²) < 4.78 is 67.6. The Kier molecular flexibility index (Phi) is 15.2. The van der Waals surface area contributed by atoms with Crippen molar-refractivity contribution in [1.82, 2.24) is 28.5 Å². The van der Waals surface area contributed by atoms with Gasteiger partial charge in [-0.05, 0) is 102 Å². The number of thiophene rings is 2. The number of ether oxygens (including phenoxy) is 2. The summed E-state index contributed by atoms with van der Waals surface area (Å²) in [7, 11) is -7.20. The van der Waals surface area contributed by atoms with Crippen LogP contribution < -0.4 is 21.3 Å². The van der Waals surface area contributed by atoms with E-state index in [1.807, 2.05) is 0 Å². The van der Waals surface area contributed by atoms with Gasteiger partial charge < -0.3 is 41.0 Å². The molecular weight excluding hydrogens is 901 g/mol. The first-order valence-corrected chi connectivity index (χ1v) is 26.3. The van der Waals surface area contributed by atoms with E-state index in [1.165, 1.54) is 0 Å². The summed E-state index contributed by atoms with van der Waals surface area (Å²) in [5, 5.41) is 21.4. The summed E-state index contributed by atoms with van der Waals surface area (Å²) in [5.41, 5.74) is 10.8. The molecule has 4 fully saturated rings. The van der Waals surface area contributed by atoms with Crippen molar-refractivity contribution in [1.29, 1.82) is 0 Å². The highest BCUT2D eigenvalue weighted by Crippen LogP contribution is 2.34. The number of rotatable bonds is 12. The molecule has 6 N–H and O–H groups in total. The summed E-state index contributed by atoms with van der Waals surface area (Å²) in [4.78, 5) is 22.3. The summed E-state index contributed by atoms with van der Waals surface area (Å²) >= 11 is 2.19. The van der Waals surface area contributed by atoms with Crippen LogP contribution in [0.3, 0.4) is 0 Å². The van der Waals surface area contributed by atoms with Crippen molar-refractivity contribution in [3.05, 3.63) is 60.2 Å². The average Bonchev–Trinajstić information content (AvgIpc) is 3.93. The lowest BCUT2D eigenvalue weighted by molar-refractivity contribution is 0.0600. The molecule has 8 heterocycles. The molecule has 4 aromatic rings. The fraction of sp³-hybridized carbons (Fsp3) is 0.619. The maximum atomic E-state index is 13.2. The summed E-state index contributed by atoms with van der Waals surface area (Å²) in [6.45, 7) is 12.2. The molecule has 18 nitrogen and oxygen atoms in total. The van der Waals surface area contributed by atoms with Crippen LogP contribution in [0.1, 0.15) is 77.3 Å². The van der Waals surface area contributed by atoms with Gasteiger partial charge in [-0.15, -0.1) is 22.7 Å². The minimum absolute atomic E-state index is 0.0491. The second-order valence-corrected chi connectivity index (χ2v) is 24.5. The molecule has 4 saturated heterocycles. The van der Waals surface area contributed by atoms with Crippen molar-refractivity contribution >= 4 is 64.6 Å². The van der Waals surface area contributed by atoms with Gasteiger partial charge in [-0.2, -0.15) is 8.61 Å². The third-order valence-electron chi connectivity index (χ3n) is 12.4. The lowest BCUT2D eigenvalue weighted by atomic mass is 9.91. The molecule has 352 valence electrons. The predicted octanol–water partition coefficient (Wildman–Crippen LogP) is 4.09. The Morgan fingerprint density at radius 2 is 0.953 bits per heavy atom. The van der Waals surface area contributed by atoms with Crippen LogP contribution in [0.2, 0.25) is 0 Å². The van der Waals surface area contributed by atoms with Crippen molar-refractivity contribution < 1.29 is 36.5 Å². The first-order chi connectivity index (χ1) is 30.3. The fourth-order valence-corrected chi connectivity index (χ4v) is 14.0. The molecule has 4 aliphatic heterocycles. The van der Waals surface area contributed by atoms with Gasteiger partial charge in [0.15, 0.2) is 0 Å². The molecule has 4 aromatic heterocycles. The maximum Gasteiger partial charge on any atom is 0.252 e. The number of hydrogen-bond donors (Lipinski definition) is 4. The lowest BCUT2D eigenvalue weighted by Crippen LogP contribution is -2.56. The zero-order valence-electron chi connectivity index (χ0n) is 37.0. The van der Waals surface area contributed by atoms with Crippen LogP contribution >= 0.6 is 22.7 Å². The molecule has 0 amide bonds. The smallest absolute Gasteiger partial charge is 0.252 e. The number of piperazine rings is 2. The normalized spacial score (nSPS) is 21.7. The third-order valence-corrected chi connectivity index (χ3v) is 18.9. The molecule has 0 radical (unpaired) electrons. The van der Waals surface area contributed by atoms with Gasteiger partial charge in [-0.25, -0.2) is 36.8 Å². The fourth-order valence-electron chi connectivity index (χ4n) is 8.53. The summed E-state index contributed by atoms with van der Waals surface area (Å²) in [6, 6.07) is 6.32. The van der Waals surface area contributed by atoms with E-state index in [0.717, 1.165) is 87.6 Å². The van der Waals surface area contributed by atoms with Crippen molar-refractivity contribution in [3.63, 3.8) is 0 Å². The molecule has 0 saturated carbocycles. The van der Waals surface area contributed by atoms with Crippen LogP contribution in [0.25, 0.3) is 0 Å². The molecular formula is C42H62N10O8S4. The molecule has 0 aliphatic carbocycles. The Bertz CT molecular complexity index is 2190. The van der Waals surface area contributed by atoms with E-state index in [2.05, 4.69) is 29.7 Å². The van der Waals surface area contributed by atoms with Gasteiger partial charge in [0.2, 0.25) is 11.9 Å². The predicted molar refractivity (Wildman–Crippen MR) is 248 cm³/mol. The number of aromatic nitrogens is 4. The van der Waals surface area contributed by atoms with Crippen LogP contribution in [0.5, 0.6) is 0 Å². The largest absolute Gasteiger partial charge is 0.391 e. The van der Waals surface area contributed by atoms with Crippen molar-refractivity contribution in [2.45, 2.75) is 97.9 Å². The van der Waals surface area contributed by atoms with Gasteiger partial charge >= 0.3 is 0 Å². The third kappa shape index (κ3) is 11.7. The Labute approximate surface area is 384 Å². The molecule has 2 atom stereocenters. The average molecular weight is 963 g/mol. The van der Waals surface area contributed by atoms with Crippen LogP contribution in [0.4, 0.5) is 21.9 Å². The standard InChI is InChI=1S/2C21H31N5O4S2/c2*1-21(2,27)16-12-23-20(24-13-16)26-8-7-25(32(28,29)19-4-3-18(22)31-19)14-17(26)11-15-5-9-30-10-6-15/h2*3-4,12-13,15,17,27H,5-11,14,22H2,1-2H3/t2*17-/m00/s1. The molecule has 0 bridgehead atoms. The highest BCUT2D eigenvalue weighted by Gasteiger charge is 2.39. The molecule has 22 heteroatoms. The van der Waals surface area contributed by atoms with E-state index in [-0.39, 0.29) is 20.5 Å². The quantitative estimate of drug-likeness (QED) is 0.156. The number of nitrogen functional groups attached to an aromatic ring is 2. The highest BCUT2D eigenvalue weighted by molar-refractivity contribution is 7.91. The Morgan fingerprint density at radius 1 is 0.609 bits per heavy atom. The molecule has 0 spiro atoms. The van der Waals surface area contributed by atoms with Gasteiger partial charge in [0.1, 0.15) is 8.42 Å². The van der Waals surface area contributed by atoms with Gasteiger partial charge in [0.05, 0.1) is 21.2 Å². The van der Waals surface area contributed by atoms with E-state index >= 15 is 0 Å². The number of hydrogen-bond acceptors (Lipinski definition) is 18. The second-order valence-electron chi connectivity index (χ2n) is 18.0. The topological polar surface area (TPSA) is 244 Å². The summed E-state index contributed by atoms with van der Waals surface area (Å²) in [6.07, 6.45) is 12.1. The lowest BCUT2D eigenvalue weighted by Gasteiger charge is -2.42. The Morgan fingerprint density at radius 3 is 1.25 bits per heavy atom. The van der Waals surface area contributed by atoms with Gasteiger partial charge in [-0.1, -0.05) is 0 Å². The Hall–Kier alpha value is -3.58. The zero-order valence-corrected chi connectivity index (χ0v) is 40.2. The van der Waals surface area contributed by atoms with E-state index in [0.29, 0.717) is 84.1 Å². The number of aliphatic hydroxyl groups is 2. The van der Waals surface area contributed by atoms with E-state index in [9.17, 15) is 27.0 Å². The number of nitrogens with zero attached hydrogens (tertiary/aromatic N) is 8. The highest BCUT2D eigenvalue weighted by atomic mass is 32.3. The van der Waals surface area contributed by atoms with Crippen molar-refractivity contribution in [3.8, 4) is 0 Å². The van der Waals surface area contributed by atoms with E-state index in [1.54, 1.807) is 85.4 Å². The molecule has 64 heavy (non-hydrogen) atoms. The molecule has 8 rings (SSSR count). The minimum Gasteiger partial charge on any atom is -0.391 e. The van der Waals surface area contributed by atoms with Crippen LogP contribution in [-0.4, -0.2) is 133 Å². The molecule has 0 aromatic carbocycles. The van der Waals surface area contributed by atoms with Crippen molar-refractivity contribution in [2.24, 2.45) is 11.8 Å². The maximum absolute atomic E-state index is 13.2. The first kappa shape index (κ1) is 48.4. The van der Waals surface area contributed by atoms with Gasteiger partial charge in [0.25, 0.3) is 20.0 Å². The first-order valence-electron chi connectivity index (χ1n) is 21.8. The minimum atomic E-state index is -3.60. The van der Waals surface area contributed by atoms with Crippen LogP contribution in [0.15, 0.2) is 57.5 Å². The molecule has 0 unspecified atom stereocenters. The van der Waals surface area contributed by atoms with Crippen LogP contribution in [0, 0.1) is 11.8 Å². The number of anilines is 4. The van der Waals surface area contributed by atoms with E-state index < -0.39 is 31.2 Å². The number of sulfonamides is 2. The number of nitrogens with two attached hydrogens (primary N) is 2. The SMILES string of the molecule is CC(C)(O)c1cnc(N2CCN(S(=O)(=O)c3ccc(N)s3)C[C@@H]2CC2CCOCC2)nc1.CC(C)(O)c1cnc(N2CCN(S(=O)(=O)c3ccc(N)s3)C[C@@H]2CC2CCOCC2)nc1. The summed E-state index contributed by atoms with van der Waals surface area (Å²) in [5.74, 6) is 2.05. The molecule has 4 aliphatic rings. The monoisotopic (exact) mass is 962 g/mol. The van der Waals surface area contributed by atoms with Gasteiger partial charge in [-0.3, -0.25) is 0 Å². The van der Waals surface area contributed by atoms with Crippen LogP contribution in [-0.2, 0) is 40.7 Å². The van der Waals surface area contributed by atoms with Crippen molar-refractivity contribution in [2.75, 3.05) is 87.0 Å². The second kappa shape index (κ2) is 20.1. The van der Waals surface area contributed by atoms with Gasteiger partial charge in [0, 0.05) is 114 Å². The Balaban J connectivity index is 0.000000191.